The fourth-order valence-electron chi connectivity index (χ4n) is 0.908. The van der Waals surface area contributed by atoms with Crippen molar-refractivity contribution in [3.05, 3.63) is 35.9 Å². The van der Waals surface area contributed by atoms with Crippen molar-refractivity contribution in [2.75, 3.05) is 0 Å². The molecule has 0 heterocycles. The molecule has 0 bridgehead atoms. The zero-order valence-corrected chi connectivity index (χ0v) is 10.7. The van der Waals surface area contributed by atoms with Crippen LogP contribution < -0.4 is 0 Å². The topological polar surface area (TPSA) is 0 Å². The Morgan fingerprint density at radius 3 is 2.15 bits per heavy atom. The van der Waals surface area contributed by atoms with Gasteiger partial charge in [-0.3, -0.25) is 0 Å². The summed E-state index contributed by atoms with van der Waals surface area (Å²) in [5.74, 6) is 0. The second kappa shape index (κ2) is 4.76. The maximum absolute atomic E-state index is 5.76. The van der Waals surface area contributed by atoms with Gasteiger partial charge in [0, 0.05) is 10.9 Å². The van der Waals surface area contributed by atoms with E-state index in [1.165, 1.54) is 0 Å². The van der Waals surface area contributed by atoms with Crippen LogP contribution in [0.5, 0.6) is 0 Å². The van der Waals surface area contributed by atoms with Gasteiger partial charge in [-0.2, -0.15) is 0 Å². The lowest BCUT2D eigenvalue weighted by Crippen LogP contribution is -2.14. The van der Waals surface area contributed by atoms with Crippen LogP contribution in [0.25, 0.3) is 0 Å². The van der Waals surface area contributed by atoms with Gasteiger partial charge >= 0.3 is 6.00 Å². The van der Waals surface area contributed by atoms with E-state index in [1.807, 2.05) is 30.3 Å². The minimum atomic E-state index is -2.63. The minimum absolute atomic E-state index is 0.414. The van der Waals surface area contributed by atoms with Crippen LogP contribution in [0.4, 0.5) is 0 Å². The molecule has 0 aliphatic rings. The Bertz CT molecular complexity index is 294. The van der Waals surface area contributed by atoms with Crippen molar-refractivity contribution in [2.24, 2.45) is 0 Å². The van der Waals surface area contributed by atoms with E-state index in [2.05, 4.69) is 0 Å². The lowest BCUT2D eigenvalue weighted by atomic mass is 10.2. The smallest absolute Gasteiger partial charge is 0.126 e. The van der Waals surface area contributed by atoms with Crippen LogP contribution in [0, 0.1) is 0 Å². The van der Waals surface area contributed by atoms with Crippen molar-refractivity contribution in [3.63, 3.8) is 0 Å². The quantitative estimate of drug-likeness (QED) is 0.345. The van der Waals surface area contributed by atoms with Gasteiger partial charge in [-0.25, -0.2) is 0 Å². The Hall–Kier alpha value is 0.397. The van der Waals surface area contributed by atoms with Crippen LogP contribution >= 0.6 is 45.5 Å². The number of hydrogen-bond acceptors (Lipinski definition) is 1. The van der Waals surface area contributed by atoms with Crippen molar-refractivity contribution in [1.82, 2.24) is 0 Å². The first kappa shape index (κ1) is 11.5. The van der Waals surface area contributed by atoms with E-state index in [9.17, 15) is 0 Å². The molecule has 0 saturated carbocycles. The average molecular weight is 270 g/mol. The average Bonchev–Trinajstić information content (AvgIpc) is 2.03. The summed E-state index contributed by atoms with van der Waals surface area (Å²) in [5, 5.41) is 0. The summed E-state index contributed by atoms with van der Waals surface area (Å²) in [6.45, 7) is 0. The molecular weight excluding hydrogens is 263 g/mol. The molecule has 0 amide bonds. The van der Waals surface area contributed by atoms with Gasteiger partial charge < -0.3 is 0 Å². The van der Waals surface area contributed by atoms with Crippen molar-refractivity contribution in [3.8, 4) is 0 Å². The molecular formula is C8H7Cl3SSi. The first-order chi connectivity index (χ1) is 5.99. The zero-order chi connectivity index (χ0) is 9.90. The van der Waals surface area contributed by atoms with Crippen LogP contribution in [0.3, 0.4) is 0 Å². The van der Waals surface area contributed by atoms with Crippen molar-refractivity contribution >= 4 is 56.3 Å². The summed E-state index contributed by atoms with van der Waals surface area (Å²) in [4.78, 5) is 0.729. The van der Waals surface area contributed by atoms with Gasteiger partial charge in [-0.05, 0) is 5.56 Å². The molecule has 0 spiro atoms. The fraction of sp³-hybridized carbons (Fsp3) is 0.125. The van der Waals surface area contributed by atoms with Gasteiger partial charge in [0.2, 0.25) is 0 Å². The predicted octanol–water partition coefficient (Wildman–Crippen LogP) is 4.06. The van der Waals surface area contributed by atoms with Crippen molar-refractivity contribution in [1.29, 1.82) is 0 Å². The first-order valence-corrected chi connectivity index (χ1v) is 9.29. The summed E-state index contributed by atoms with van der Waals surface area (Å²) in [5.41, 5.74) is 0.969. The Kier molecular flexibility index (Phi) is 4.20. The van der Waals surface area contributed by atoms with Gasteiger partial charge in [0.25, 0.3) is 0 Å². The zero-order valence-electron chi connectivity index (χ0n) is 6.64. The summed E-state index contributed by atoms with van der Waals surface area (Å²) in [6.07, 6.45) is 0. The third-order valence-electron chi connectivity index (χ3n) is 1.46. The Balaban J connectivity index is 2.71. The first-order valence-electron chi connectivity index (χ1n) is 3.64. The van der Waals surface area contributed by atoms with Crippen LogP contribution in [0.2, 0.25) is 6.04 Å². The summed E-state index contributed by atoms with van der Waals surface area (Å²) < 4.78 is 0. The third kappa shape index (κ3) is 4.43. The highest BCUT2D eigenvalue weighted by molar-refractivity contribution is 7.82. The van der Waals surface area contributed by atoms with E-state index in [1.54, 1.807) is 0 Å². The number of rotatable bonds is 3. The summed E-state index contributed by atoms with van der Waals surface area (Å²) in [6, 6.07) is 7.40. The van der Waals surface area contributed by atoms with E-state index in [0.29, 0.717) is 6.04 Å². The molecule has 0 saturated heterocycles. The fourth-order valence-corrected chi connectivity index (χ4v) is 4.18. The molecule has 5 heteroatoms. The van der Waals surface area contributed by atoms with E-state index in [-0.39, 0.29) is 0 Å². The number of hydrogen-bond donors (Lipinski definition) is 0. The van der Waals surface area contributed by atoms with E-state index in [4.69, 9.17) is 45.5 Å². The maximum Gasteiger partial charge on any atom is 0.346 e. The van der Waals surface area contributed by atoms with Crippen LogP contribution in [-0.4, -0.2) is 10.9 Å². The van der Waals surface area contributed by atoms with Gasteiger partial charge in [-0.1, -0.05) is 42.5 Å². The molecule has 0 atom stereocenters. The molecule has 0 radical (unpaired) electrons. The van der Waals surface area contributed by atoms with Crippen LogP contribution in [-0.2, 0) is 0 Å². The Morgan fingerprint density at radius 1 is 1.15 bits per heavy atom. The highest BCUT2D eigenvalue weighted by Crippen LogP contribution is 2.27. The SMILES string of the molecule is S=C(C[Si](Cl)(Cl)Cl)c1ccccc1. The monoisotopic (exact) mass is 268 g/mol. The Labute approximate surface area is 97.9 Å². The lowest BCUT2D eigenvalue weighted by molar-refractivity contribution is 1.64. The molecule has 1 rings (SSSR count). The standard InChI is InChI=1S/C8H7Cl3SSi/c9-13(10,11)6-8(12)7-4-2-1-3-5-7/h1-5H,6H2. The second-order valence-electron chi connectivity index (χ2n) is 2.58. The lowest BCUT2D eigenvalue weighted by Gasteiger charge is -2.08. The van der Waals surface area contributed by atoms with Gasteiger partial charge in [0.15, 0.2) is 0 Å². The number of thiocarbonyl (C=S) groups is 1. The summed E-state index contributed by atoms with van der Waals surface area (Å²) in [7, 11) is 0. The maximum atomic E-state index is 5.76. The van der Waals surface area contributed by atoms with Crippen LogP contribution in [0.1, 0.15) is 5.56 Å². The van der Waals surface area contributed by atoms with E-state index < -0.39 is 6.00 Å². The number of benzene rings is 1. The highest BCUT2D eigenvalue weighted by Gasteiger charge is 2.26. The molecule has 0 aliphatic carbocycles. The number of halogens is 3. The predicted molar refractivity (Wildman–Crippen MR) is 66.3 cm³/mol. The second-order valence-corrected chi connectivity index (χ2v) is 12.2. The molecule has 0 aromatic heterocycles. The normalized spacial score (nSPS) is 11.3. The molecule has 1 aromatic carbocycles. The van der Waals surface area contributed by atoms with E-state index in [0.717, 1.165) is 10.4 Å². The molecule has 0 nitrogen and oxygen atoms in total. The van der Waals surface area contributed by atoms with Crippen molar-refractivity contribution < 1.29 is 0 Å². The third-order valence-corrected chi connectivity index (χ3v) is 4.05. The molecule has 0 unspecified atom stereocenters. The van der Waals surface area contributed by atoms with Crippen LogP contribution in [0.15, 0.2) is 30.3 Å². The largest absolute Gasteiger partial charge is 0.346 e. The molecule has 1 aromatic rings. The molecule has 13 heavy (non-hydrogen) atoms. The molecule has 0 fully saturated rings. The van der Waals surface area contributed by atoms with Gasteiger partial charge in [0.1, 0.15) is 0 Å². The Morgan fingerprint density at radius 2 is 1.69 bits per heavy atom. The molecule has 0 aliphatic heterocycles. The summed E-state index contributed by atoms with van der Waals surface area (Å²) >= 11 is 22.4. The van der Waals surface area contributed by atoms with Crippen molar-refractivity contribution in [2.45, 2.75) is 6.04 Å². The van der Waals surface area contributed by atoms with Gasteiger partial charge in [0.05, 0.1) is 0 Å². The van der Waals surface area contributed by atoms with Gasteiger partial charge in [-0.15, -0.1) is 33.2 Å². The molecule has 70 valence electrons. The molecule has 0 N–H and O–H groups in total. The van der Waals surface area contributed by atoms with E-state index >= 15 is 0 Å². The highest BCUT2D eigenvalue weighted by atomic mass is 35.8. The minimum Gasteiger partial charge on any atom is -0.126 e.